The van der Waals surface area contributed by atoms with Crippen LogP contribution in [0.5, 0.6) is 0 Å². The lowest BCUT2D eigenvalue weighted by Crippen LogP contribution is -2.26. The van der Waals surface area contributed by atoms with Gasteiger partial charge in [0.25, 0.3) is 0 Å². The third-order valence-electron chi connectivity index (χ3n) is 3.52. The summed E-state index contributed by atoms with van der Waals surface area (Å²) in [6.07, 6.45) is 1.47. The molecule has 1 aromatic rings. The standard InChI is InChI=1S/C14H21N3O2/c15-12-3-1-2-4-13(12)16-14(19)6-8-17-7-5-11(9-17)10-18/h1-4,11,18H,5-10,15H2,(H,16,19). The number of nitrogens with zero attached hydrogens (tertiary/aromatic N) is 1. The second-order valence-corrected chi connectivity index (χ2v) is 5.02. The van der Waals surface area contributed by atoms with Crippen LogP contribution in [0.3, 0.4) is 0 Å². The lowest BCUT2D eigenvalue weighted by molar-refractivity contribution is -0.116. The topological polar surface area (TPSA) is 78.6 Å². The van der Waals surface area contributed by atoms with Crippen LogP contribution in [0.2, 0.25) is 0 Å². The van der Waals surface area contributed by atoms with E-state index in [4.69, 9.17) is 10.8 Å². The quantitative estimate of drug-likeness (QED) is 0.690. The van der Waals surface area contributed by atoms with Crippen molar-refractivity contribution in [1.82, 2.24) is 4.90 Å². The molecule has 1 heterocycles. The number of aliphatic hydroxyl groups excluding tert-OH is 1. The molecule has 0 aromatic heterocycles. The maximum absolute atomic E-state index is 11.8. The number of benzene rings is 1. The highest BCUT2D eigenvalue weighted by molar-refractivity contribution is 5.93. The monoisotopic (exact) mass is 263 g/mol. The van der Waals surface area contributed by atoms with Gasteiger partial charge in [-0.15, -0.1) is 0 Å². The highest BCUT2D eigenvalue weighted by Crippen LogP contribution is 2.18. The molecule has 4 N–H and O–H groups in total. The fourth-order valence-corrected chi connectivity index (χ4v) is 2.35. The molecule has 1 amide bonds. The van der Waals surface area contributed by atoms with E-state index in [2.05, 4.69) is 10.2 Å². The van der Waals surface area contributed by atoms with Gasteiger partial charge in [-0.3, -0.25) is 4.79 Å². The third-order valence-corrected chi connectivity index (χ3v) is 3.52. The fourth-order valence-electron chi connectivity index (χ4n) is 2.35. The van der Waals surface area contributed by atoms with Gasteiger partial charge in [0.15, 0.2) is 0 Å². The van der Waals surface area contributed by atoms with Gasteiger partial charge in [0.2, 0.25) is 5.91 Å². The minimum absolute atomic E-state index is 0.0228. The Labute approximate surface area is 113 Å². The number of rotatable bonds is 5. The molecule has 0 spiro atoms. The highest BCUT2D eigenvalue weighted by atomic mass is 16.3. The molecule has 5 heteroatoms. The van der Waals surface area contributed by atoms with E-state index < -0.39 is 0 Å². The van der Waals surface area contributed by atoms with Crippen LogP contribution >= 0.6 is 0 Å². The van der Waals surface area contributed by atoms with E-state index in [1.54, 1.807) is 12.1 Å². The van der Waals surface area contributed by atoms with Crippen molar-refractivity contribution in [3.05, 3.63) is 24.3 Å². The molecular formula is C14H21N3O2. The Balaban J connectivity index is 1.75. The molecule has 19 heavy (non-hydrogen) atoms. The summed E-state index contributed by atoms with van der Waals surface area (Å²) >= 11 is 0. The molecule has 0 saturated carbocycles. The molecule has 2 rings (SSSR count). The Bertz CT molecular complexity index is 436. The Hall–Kier alpha value is -1.59. The number of aliphatic hydroxyl groups is 1. The number of anilines is 2. The molecule has 1 aromatic carbocycles. The van der Waals surface area contributed by atoms with Crippen molar-refractivity contribution >= 4 is 17.3 Å². The number of para-hydroxylation sites is 2. The van der Waals surface area contributed by atoms with Gasteiger partial charge in [-0.1, -0.05) is 12.1 Å². The van der Waals surface area contributed by atoms with Crippen molar-refractivity contribution in [3.8, 4) is 0 Å². The van der Waals surface area contributed by atoms with Gasteiger partial charge < -0.3 is 21.1 Å². The smallest absolute Gasteiger partial charge is 0.225 e. The number of carbonyl (C=O) groups excluding carboxylic acids is 1. The van der Waals surface area contributed by atoms with Gasteiger partial charge in [-0.2, -0.15) is 0 Å². The predicted octanol–water partition coefficient (Wildman–Crippen LogP) is 0.912. The molecule has 1 atom stereocenters. The summed E-state index contributed by atoms with van der Waals surface area (Å²) in [5, 5.41) is 11.9. The molecular weight excluding hydrogens is 242 g/mol. The first-order valence-electron chi connectivity index (χ1n) is 6.66. The molecule has 1 saturated heterocycles. The molecule has 0 radical (unpaired) electrons. The summed E-state index contributed by atoms with van der Waals surface area (Å²) in [4.78, 5) is 14.0. The first-order chi connectivity index (χ1) is 9.19. The van der Waals surface area contributed by atoms with Crippen molar-refractivity contribution < 1.29 is 9.90 Å². The van der Waals surface area contributed by atoms with Crippen LogP contribution in [0.1, 0.15) is 12.8 Å². The fraction of sp³-hybridized carbons (Fsp3) is 0.500. The van der Waals surface area contributed by atoms with Gasteiger partial charge >= 0.3 is 0 Å². The van der Waals surface area contributed by atoms with Crippen molar-refractivity contribution in [2.45, 2.75) is 12.8 Å². The largest absolute Gasteiger partial charge is 0.397 e. The van der Waals surface area contributed by atoms with Gasteiger partial charge in [-0.25, -0.2) is 0 Å². The SMILES string of the molecule is Nc1ccccc1NC(=O)CCN1CCC(CO)C1. The normalized spacial score (nSPS) is 19.5. The van der Waals surface area contributed by atoms with Gasteiger partial charge in [-0.05, 0) is 31.0 Å². The molecule has 1 aliphatic rings. The Morgan fingerprint density at radius 1 is 1.47 bits per heavy atom. The summed E-state index contributed by atoms with van der Waals surface area (Å²) < 4.78 is 0. The first-order valence-corrected chi connectivity index (χ1v) is 6.66. The van der Waals surface area contributed by atoms with Crippen LogP contribution in [0.4, 0.5) is 11.4 Å². The maximum Gasteiger partial charge on any atom is 0.225 e. The summed E-state index contributed by atoms with van der Waals surface area (Å²) in [5.41, 5.74) is 7.02. The van der Waals surface area contributed by atoms with Crippen molar-refractivity contribution in [2.75, 3.05) is 37.3 Å². The number of hydrogen-bond donors (Lipinski definition) is 3. The van der Waals surface area contributed by atoms with Crippen LogP contribution in [-0.4, -0.2) is 42.2 Å². The van der Waals surface area contributed by atoms with Gasteiger partial charge in [0, 0.05) is 26.1 Å². The number of amides is 1. The molecule has 1 aliphatic heterocycles. The Kier molecular flexibility index (Phi) is 4.76. The summed E-state index contributed by atoms with van der Waals surface area (Å²) in [6, 6.07) is 7.25. The van der Waals surface area contributed by atoms with Crippen molar-refractivity contribution in [3.63, 3.8) is 0 Å². The van der Waals surface area contributed by atoms with E-state index >= 15 is 0 Å². The van der Waals surface area contributed by atoms with Crippen molar-refractivity contribution in [1.29, 1.82) is 0 Å². The van der Waals surface area contributed by atoms with Crippen molar-refractivity contribution in [2.24, 2.45) is 5.92 Å². The molecule has 0 bridgehead atoms. The lowest BCUT2D eigenvalue weighted by atomic mass is 10.1. The maximum atomic E-state index is 11.8. The average Bonchev–Trinajstić information content (AvgIpc) is 2.87. The van der Waals surface area contributed by atoms with Crippen LogP contribution in [0.25, 0.3) is 0 Å². The molecule has 5 nitrogen and oxygen atoms in total. The zero-order valence-corrected chi connectivity index (χ0v) is 11.0. The van der Waals surface area contributed by atoms with E-state index in [-0.39, 0.29) is 12.5 Å². The molecule has 1 unspecified atom stereocenters. The number of nitrogen functional groups attached to an aromatic ring is 1. The summed E-state index contributed by atoms with van der Waals surface area (Å²) in [6.45, 7) is 2.82. The minimum atomic E-state index is -0.0228. The van der Waals surface area contributed by atoms with E-state index in [1.807, 2.05) is 12.1 Å². The average molecular weight is 263 g/mol. The van der Waals surface area contributed by atoms with E-state index in [9.17, 15) is 4.79 Å². The summed E-state index contributed by atoms with van der Waals surface area (Å²) in [7, 11) is 0. The summed E-state index contributed by atoms with van der Waals surface area (Å²) in [5.74, 6) is 0.346. The Morgan fingerprint density at radius 2 is 2.26 bits per heavy atom. The van der Waals surface area contributed by atoms with Crippen LogP contribution in [0.15, 0.2) is 24.3 Å². The zero-order valence-electron chi connectivity index (χ0n) is 11.0. The number of likely N-dealkylation sites (tertiary alicyclic amines) is 1. The second-order valence-electron chi connectivity index (χ2n) is 5.02. The highest BCUT2D eigenvalue weighted by Gasteiger charge is 2.21. The van der Waals surface area contributed by atoms with Gasteiger partial charge in [0.05, 0.1) is 11.4 Å². The number of nitrogens with one attached hydrogen (secondary N) is 1. The van der Waals surface area contributed by atoms with E-state index in [0.717, 1.165) is 26.1 Å². The molecule has 0 aliphatic carbocycles. The minimum Gasteiger partial charge on any atom is -0.397 e. The van der Waals surface area contributed by atoms with Crippen LogP contribution < -0.4 is 11.1 Å². The zero-order chi connectivity index (χ0) is 13.7. The third kappa shape index (κ3) is 3.94. The van der Waals surface area contributed by atoms with E-state index in [0.29, 0.717) is 23.7 Å². The van der Waals surface area contributed by atoms with Crippen LogP contribution in [-0.2, 0) is 4.79 Å². The molecule has 1 fully saturated rings. The first kappa shape index (κ1) is 13.8. The predicted molar refractivity (Wildman–Crippen MR) is 75.7 cm³/mol. The number of hydrogen-bond acceptors (Lipinski definition) is 4. The second kappa shape index (κ2) is 6.54. The molecule has 104 valence electrons. The Morgan fingerprint density at radius 3 is 2.95 bits per heavy atom. The van der Waals surface area contributed by atoms with E-state index in [1.165, 1.54) is 0 Å². The number of carbonyl (C=O) groups is 1. The number of nitrogens with two attached hydrogens (primary N) is 1. The van der Waals surface area contributed by atoms with Crippen LogP contribution in [0, 0.1) is 5.92 Å². The lowest BCUT2D eigenvalue weighted by Gasteiger charge is -2.15. The van der Waals surface area contributed by atoms with Gasteiger partial charge in [0.1, 0.15) is 0 Å².